The molecule has 0 aliphatic carbocycles. The lowest BCUT2D eigenvalue weighted by atomic mass is 10.1. The number of nitrogens with two attached hydrogens (primary N) is 1. The number of aromatic nitrogens is 1. The molecule has 2 aromatic rings. The van der Waals surface area contributed by atoms with Crippen LogP contribution in [0.2, 0.25) is 0 Å². The van der Waals surface area contributed by atoms with Crippen molar-refractivity contribution in [2.45, 2.75) is 13.8 Å². The van der Waals surface area contributed by atoms with Gasteiger partial charge < -0.3 is 10.6 Å². The standard InChI is InChI=1S/C15H16BrN3O/c1-3-19(12-4-6-18-7-5-12)15(20)13-8-11(16)9-14(17)10(13)2/h4-9H,3,17H2,1-2H3. The normalized spacial score (nSPS) is 10.3. The van der Waals surface area contributed by atoms with Gasteiger partial charge in [0, 0.05) is 40.3 Å². The summed E-state index contributed by atoms with van der Waals surface area (Å²) in [6, 6.07) is 7.24. The number of nitrogens with zero attached hydrogens (tertiary/aromatic N) is 2. The van der Waals surface area contributed by atoms with Gasteiger partial charge in [-0.1, -0.05) is 15.9 Å². The molecule has 0 aliphatic rings. The molecular formula is C15H16BrN3O. The molecule has 0 bridgehead atoms. The molecule has 0 spiro atoms. The second-order valence-corrected chi connectivity index (χ2v) is 5.34. The Morgan fingerprint density at radius 1 is 1.35 bits per heavy atom. The first-order valence-corrected chi connectivity index (χ1v) is 7.11. The molecule has 0 radical (unpaired) electrons. The summed E-state index contributed by atoms with van der Waals surface area (Å²) >= 11 is 3.38. The highest BCUT2D eigenvalue weighted by Gasteiger charge is 2.19. The van der Waals surface area contributed by atoms with E-state index in [-0.39, 0.29) is 5.91 Å². The van der Waals surface area contributed by atoms with Crippen LogP contribution in [0.3, 0.4) is 0 Å². The van der Waals surface area contributed by atoms with Gasteiger partial charge in [-0.15, -0.1) is 0 Å². The van der Waals surface area contributed by atoms with Gasteiger partial charge in [0.25, 0.3) is 5.91 Å². The van der Waals surface area contributed by atoms with Crippen LogP contribution in [0.5, 0.6) is 0 Å². The van der Waals surface area contributed by atoms with Crippen LogP contribution in [0.25, 0.3) is 0 Å². The highest BCUT2D eigenvalue weighted by atomic mass is 79.9. The summed E-state index contributed by atoms with van der Waals surface area (Å²) < 4.78 is 0.801. The van der Waals surface area contributed by atoms with Crippen LogP contribution >= 0.6 is 15.9 Å². The zero-order valence-electron chi connectivity index (χ0n) is 11.4. The molecule has 0 atom stereocenters. The Balaban J connectivity index is 2.44. The van der Waals surface area contributed by atoms with Gasteiger partial charge in [-0.25, -0.2) is 0 Å². The summed E-state index contributed by atoms with van der Waals surface area (Å²) in [7, 11) is 0. The number of halogens is 1. The minimum Gasteiger partial charge on any atom is -0.398 e. The number of anilines is 2. The van der Waals surface area contributed by atoms with Crippen LogP contribution in [-0.4, -0.2) is 17.4 Å². The third-order valence-electron chi connectivity index (χ3n) is 3.18. The van der Waals surface area contributed by atoms with Gasteiger partial charge in [0.05, 0.1) is 0 Å². The van der Waals surface area contributed by atoms with Gasteiger partial charge in [-0.3, -0.25) is 9.78 Å². The van der Waals surface area contributed by atoms with Gasteiger partial charge in [-0.2, -0.15) is 0 Å². The number of carbonyl (C=O) groups is 1. The lowest BCUT2D eigenvalue weighted by molar-refractivity contribution is 0.0987. The monoisotopic (exact) mass is 333 g/mol. The van der Waals surface area contributed by atoms with Gasteiger partial charge in [-0.05, 0) is 43.7 Å². The quantitative estimate of drug-likeness (QED) is 0.875. The molecule has 0 aliphatic heterocycles. The Morgan fingerprint density at radius 2 is 2.00 bits per heavy atom. The Bertz CT molecular complexity index is 629. The fraction of sp³-hybridized carbons (Fsp3) is 0.200. The van der Waals surface area contributed by atoms with E-state index in [1.807, 2.05) is 26.0 Å². The summed E-state index contributed by atoms with van der Waals surface area (Å²) in [5, 5.41) is 0. The molecule has 20 heavy (non-hydrogen) atoms. The van der Waals surface area contributed by atoms with Crippen molar-refractivity contribution >= 4 is 33.2 Å². The van der Waals surface area contributed by atoms with Crippen molar-refractivity contribution < 1.29 is 4.79 Å². The SMILES string of the molecule is CCN(C(=O)c1cc(Br)cc(N)c1C)c1ccncc1. The van der Waals surface area contributed by atoms with Gasteiger partial charge >= 0.3 is 0 Å². The number of nitrogen functional groups attached to an aromatic ring is 1. The fourth-order valence-corrected chi connectivity index (χ4v) is 2.51. The topological polar surface area (TPSA) is 59.2 Å². The highest BCUT2D eigenvalue weighted by Crippen LogP contribution is 2.25. The molecule has 5 heteroatoms. The molecule has 1 heterocycles. The van der Waals surface area contributed by atoms with E-state index in [0.29, 0.717) is 17.8 Å². The number of hydrogen-bond acceptors (Lipinski definition) is 3. The number of rotatable bonds is 3. The van der Waals surface area contributed by atoms with Crippen LogP contribution in [0.4, 0.5) is 11.4 Å². The minimum atomic E-state index is -0.0656. The number of carbonyl (C=O) groups excluding carboxylic acids is 1. The molecule has 2 N–H and O–H groups in total. The lowest BCUT2D eigenvalue weighted by Gasteiger charge is -2.22. The number of amides is 1. The van der Waals surface area contributed by atoms with Crippen molar-refractivity contribution in [3.8, 4) is 0 Å². The smallest absolute Gasteiger partial charge is 0.258 e. The van der Waals surface area contributed by atoms with E-state index in [9.17, 15) is 4.79 Å². The van der Waals surface area contributed by atoms with E-state index in [1.54, 1.807) is 29.4 Å². The molecule has 0 unspecified atom stereocenters. The highest BCUT2D eigenvalue weighted by molar-refractivity contribution is 9.10. The molecule has 1 aromatic heterocycles. The number of benzene rings is 1. The zero-order chi connectivity index (χ0) is 14.7. The molecule has 0 fully saturated rings. The van der Waals surface area contributed by atoms with Gasteiger partial charge in [0.1, 0.15) is 0 Å². The average molecular weight is 334 g/mol. The van der Waals surface area contributed by atoms with E-state index in [0.717, 1.165) is 15.7 Å². The Kier molecular flexibility index (Phi) is 4.39. The van der Waals surface area contributed by atoms with Crippen LogP contribution in [-0.2, 0) is 0 Å². The van der Waals surface area contributed by atoms with Crippen molar-refractivity contribution in [1.82, 2.24) is 4.98 Å². The van der Waals surface area contributed by atoms with Crippen molar-refractivity contribution in [1.29, 1.82) is 0 Å². The summed E-state index contributed by atoms with van der Waals surface area (Å²) in [5.41, 5.74) is 8.76. The third kappa shape index (κ3) is 2.82. The van der Waals surface area contributed by atoms with Crippen molar-refractivity contribution in [2.24, 2.45) is 0 Å². The van der Waals surface area contributed by atoms with Crippen LogP contribution < -0.4 is 10.6 Å². The average Bonchev–Trinajstić information content (AvgIpc) is 2.44. The van der Waals surface area contributed by atoms with Crippen LogP contribution in [0.1, 0.15) is 22.8 Å². The van der Waals surface area contributed by atoms with Gasteiger partial charge in [0.2, 0.25) is 0 Å². The number of pyridine rings is 1. The molecule has 1 aromatic carbocycles. The number of hydrogen-bond donors (Lipinski definition) is 1. The molecule has 104 valence electrons. The summed E-state index contributed by atoms with van der Waals surface area (Å²) in [4.78, 5) is 18.4. The molecule has 2 rings (SSSR count). The molecular weight excluding hydrogens is 318 g/mol. The first-order valence-electron chi connectivity index (χ1n) is 6.32. The summed E-state index contributed by atoms with van der Waals surface area (Å²) in [5.74, 6) is -0.0656. The Morgan fingerprint density at radius 3 is 2.60 bits per heavy atom. The molecule has 0 saturated carbocycles. The Hall–Kier alpha value is -1.88. The van der Waals surface area contributed by atoms with E-state index in [2.05, 4.69) is 20.9 Å². The van der Waals surface area contributed by atoms with Crippen LogP contribution in [0.15, 0.2) is 41.1 Å². The van der Waals surface area contributed by atoms with E-state index in [4.69, 9.17) is 5.73 Å². The maximum absolute atomic E-state index is 12.7. The maximum atomic E-state index is 12.7. The predicted octanol–water partition coefficient (Wildman–Crippen LogP) is 3.40. The van der Waals surface area contributed by atoms with E-state index >= 15 is 0 Å². The second kappa shape index (κ2) is 6.05. The first-order chi connectivity index (χ1) is 9.54. The van der Waals surface area contributed by atoms with Gasteiger partial charge in [0.15, 0.2) is 0 Å². The third-order valence-corrected chi connectivity index (χ3v) is 3.64. The molecule has 0 saturated heterocycles. The summed E-state index contributed by atoms with van der Waals surface area (Å²) in [6.45, 7) is 4.37. The largest absolute Gasteiger partial charge is 0.398 e. The Labute approximate surface area is 126 Å². The summed E-state index contributed by atoms with van der Waals surface area (Å²) in [6.07, 6.45) is 3.35. The van der Waals surface area contributed by atoms with Crippen molar-refractivity contribution in [3.05, 3.63) is 52.3 Å². The maximum Gasteiger partial charge on any atom is 0.258 e. The van der Waals surface area contributed by atoms with E-state index < -0.39 is 0 Å². The van der Waals surface area contributed by atoms with E-state index in [1.165, 1.54) is 0 Å². The van der Waals surface area contributed by atoms with Crippen molar-refractivity contribution in [3.63, 3.8) is 0 Å². The predicted molar refractivity (Wildman–Crippen MR) is 84.9 cm³/mol. The zero-order valence-corrected chi connectivity index (χ0v) is 13.0. The molecule has 1 amide bonds. The second-order valence-electron chi connectivity index (χ2n) is 4.42. The van der Waals surface area contributed by atoms with Crippen LogP contribution in [0, 0.1) is 6.92 Å². The molecule has 4 nitrogen and oxygen atoms in total. The fourth-order valence-electron chi connectivity index (χ4n) is 2.04. The first kappa shape index (κ1) is 14.5. The lowest BCUT2D eigenvalue weighted by Crippen LogP contribution is -2.31. The van der Waals surface area contributed by atoms with Crippen molar-refractivity contribution in [2.75, 3.05) is 17.2 Å². The minimum absolute atomic E-state index is 0.0656.